The molecule has 0 aromatic heterocycles. The minimum absolute atomic E-state index is 0.0464. The van der Waals surface area contributed by atoms with E-state index in [1.807, 2.05) is 0 Å². The first-order valence-corrected chi connectivity index (χ1v) is 7.70. The molecule has 84 valence electrons. The topological polar surface area (TPSA) is 37.3 Å². The van der Waals surface area contributed by atoms with Crippen molar-refractivity contribution in [3.05, 3.63) is 0 Å². The van der Waals surface area contributed by atoms with Crippen LogP contribution in [-0.4, -0.2) is 26.7 Å². The number of hydrogen-bond donors (Lipinski definition) is 1. The van der Waals surface area contributed by atoms with Crippen LogP contribution in [-0.2, 0) is 4.79 Å². The third-order valence-electron chi connectivity index (χ3n) is 4.23. The Morgan fingerprint density at radius 3 is 2.13 bits per heavy atom. The van der Waals surface area contributed by atoms with E-state index in [1.165, 1.54) is 24.3 Å². The fraction of sp³-hybridized carbons (Fsp3) is 0.909. The maximum Gasteiger partial charge on any atom is 0.306 e. The molecule has 1 N–H and O–H groups in total. The molecule has 1 heterocycles. The second kappa shape index (κ2) is 3.59. The van der Waals surface area contributed by atoms with E-state index in [9.17, 15) is 4.79 Å². The molecule has 1 spiro atoms. The highest BCUT2D eigenvalue weighted by atomic mass is 32.2. The molecule has 2 saturated carbocycles. The van der Waals surface area contributed by atoms with Crippen LogP contribution in [0.5, 0.6) is 0 Å². The average Bonchev–Trinajstić information content (AvgIpc) is 2.72. The third kappa shape index (κ3) is 1.44. The van der Waals surface area contributed by atoms with Gasteiger partial charge in [0.2, 0.25) is 0 Å². The Bertz CT molecular complexity index is 270. The van der Waals surface area contributed by atoms with Crippen LogP contribution in [0.3, 0.4) is 0 Å². The van der Waals surface area contributed by atoms with Crippen molar-refractivity contribution in [3.8, 4) is 0 Å². The minimum Gasteiger partial charge on any atom is -0.481 e. The normalized spacial score (nSPS) is 42.3. The van der Waals surface area contributed by atoms with Gasteiger partial charge in [-0.15, -0.1) is 23.5 Å². The molecule has 0 radical (unpaired) electrons. The molecule has 4 heteroatoms. The Hall–Kier alpha value is 0.170. The third-order valence-corrected chi connectivity index (χ3v) is 8.25. The maximum atomic E-state index is 11.1. The Balaban J connectivity index is 1.84. The molecule has 3 rings (SSSR count). The lowest BCUT2D eigenvalue weighted by Gasteiger charge is -2.41. The predicted octanol–water partition coefficient (Wildman–Crippen LogP) is 2.68. The van der Waals surface area contributed by atoms with Crippen molar-refractivity contribution in [2.45, 2.75) is 29.8 Å². The predicted molar refractivity (Wildman–Crippen MR) is 64.2 cm³/mol. The van der Waals surface area contributed by atoms with E-state index in [2.05, 4.69) is 23.5 Å². The zero-order chi connectivity index (χ0) is 10.5. The number of hydrogen-bond acceptors (Lipinski definition) is 3. The summed E-state index contributed by atoms with van der Waals surface area (Å²) in [6.07, 6.45) is 4.42. The molecule has 1 aliphatic heterocycles. The van der Waals surface area contributed by atoms with Gasteiger partial charge in [0.15, 0.2) is 0 Å². The summed E-state index contributed by atoms with van der Waals surface area (Å²) >= 11 is 4.26. The van der Waals surface area contributed by atoms with E-state index in [0.717, 1.165) is 12.8 Å². The zero-order valence-corrected chi connectivity index (χ0v) is 10.3. The summed E-state index contributed by atoms with van der Waals surface area (Å²) in [5.74, 6) is 3.29. The molecule has 1 unspecified atom stereocenters. The van der Waals surface area contributed by atoms with Crippen LogP contribution in [0.25, 0.3) is 0 Å². The number of rotatable bonds is 1. The maximum absolute atomic E-state index is 11.1. The van der Waals surface area contributed by atoms with Crippen molar-refractivity contribution < 1.29 is 9.90 Å². The molecule has 3 fully saturated rings. The van der Waals surface area contributed by atoms with Gasteiger partial charge < -0.3 is 5.11 Å². The lowest BCUT2D eigenvalue weighted by atomic mass is 9.80. The summed E-state index contributed by atoms with van der Waals surface area (Å²) < 4.78 is 0.436. The summed E-state index contributed by atoms with van der Waals surface area (Å²) in [5.41, 5.74) is 0. The summed E-state index contributed by atoms with van der Waals surface area (Å²) in [6, 6.07) is 0. The number of carbonyl (C=O) groups is 1. The van der Waals surface area contributed by atoms with Gasteiger partial charge in [-0.25, -0.2) is 0 Å². The number of aliphatic carboxylic acids is 1. The molecule has 1 saturated heterocycles. The van der Waals surface area contributed by atoms with Gasteiger partial charge in [-0.05, 0) is 37.5 Å². The summed E-state index contributed by atoms with van der Waals surface area (Å²) in [5, 5.41) is 9.12. The fourth-order valence-electron chi connectivity index (χ4n) is 3.60. The minimum atomic E-state index is -0.560. The Labute approximate surface area is 98.6 Å². The molecule has 15 heavy (non-hydrogen) atoms. The van der Waals surface area contributed by atoms with Crippen LogP contribution in [0, 0.1) is 17.8 Å². The fourth-order valence-corrected chi connectivity index (χ4v) is 7.54. The molecular formula is C11H16O2S2. The van der Waals surface area contributed by atoms with Crippen molar-refractivity contribution in [2.75, 3.05) is 11.5 Å². The van der Waals surface area contributed by atoms with Crippen LogP contribution >= 0.6 is 23.5 Å². The summed E-state index contributed by atoms with van der Waals surface area (Å²) in [7, 11) is 0. The quantitative estimate of drug-likeness (QED) is 0.769. The van der Waals surface area contributed by atoms with Crippen LogP contribution in [0.2, 0.25) is 0 Å². The van der Waals surface area contributed by atoms with Crippen LogP contribution in [0.15, 0.2) is 0 Å². The van der Waals surface area contributed by atoms with Gasteiger partial charge in [-0.2, -0.15) is 0 Å². The molecule has 0 amide bonds. The van der Waals surface area contributed by atoms with Gasteiger partial charge >= 0.3 is 5.97 Å². The van der Waals surface area contributed by atoms with Crippen molar-refractivity contribution in [2.24, 2.45) is 17.8 Å². The summed E-state index contributed by atoms with van der Waals surface area (Å²) in [4.78, 5) is 11.1. The van der Waals surface area contributed by atoms with Gasteiger partial charge in [-0.1, -0.05) is 0 Å². The molecule has 3 aliphatic rings. The second-order valence-electron chi connectivity index (χ2n) is 4.90. The molecule has 0 aromatic rings. The lowest BCUT2D eigenvalue weighted by Crippen LogP contribution is -2.39. The summed E-state index contributed by atoms with van der Waals surface area (Å²) in [6.45, 7) is 0. The number of carboxylic acids is 1. The lowest BCUT2D eigenvalue weighted by molar-refractivity contribution is -0.143. The van der Waals surface area contributed by atoms with Crippen molar-refractivity contribution in [1.82, 2.24) is 0 Å². The van der Waals surface area contributed by atoms with Gasteiger partial charge in [0.05, 0.1) is 10.00 Å². The van der Waals surface area contributed by atoms with Gasteiger partial charge in [0.25, 0.3) is 0 Å². The number of carboxylic acid groups (broad SMARTS) is 1. The van der Waals surface area contributed by atoms with Crippen molar-refractivity contribution in [3.63, 3.8) is 0 Å². The standard InChI is InChI=1S/C11H16O2S2/c12-10(13)7-5-8-1-2-9(6-7)11(8)14-3-4-15-11/h7-9H,1-6H2,(H,12,13)/t7?,8-,9+. The molecule has 2 bridgehead atoms. The first kappa shape index (κ1) is 10.3. The smallest absolute Gasteiger partial charge is 0.306 e. The largest absolute Gasteiger partial charge is 0.481 e. The Kier molecular flexibility index (Phi) is 2.47. The average molecular weight is 244 g/mol. The van der Waals surface area contributed by atoms with E-state index in [0.29, 0.717) is 15.9 Å². The molecule has 3 atom stereocenters. The second-order valence-corrected chi connectivity index (χ2v) is 7.90. The number of thioether (sulfide) groups is 2. The van der Waals surface area contributed by atoms with Gasteiger partial charge in [0.1, 0.15) is 0 Å². The van der Waals surface area contributed by atoms with E-state index >= 15 is 0 Å². The van der Waals surface area contributed by atoms with Crippen molar-refractivity contribution >= 4 is 29.5 Å². The van der Waals surface area contributed by atoms with Crippen LogP contribution in [0.4, 0.5) is 0 Å². The highest BCUT2D eigenvalue weighted by molar-refractivity contribution is 8.21. The Morgan fingerprint density at radius 1 is 1.13 bits per heavy atom. The molecule has 2 aliphatic carbocycles. The van der Waals surface area contributed by atoms with Crippen LogP contribution < -0.4 is 0 Å². The first-order chi connectivity index (χ1) is 7.22. The first-order valence-electron chi connectivity index (χ1n) is 5.73. The van der Waals surface area contributed by atoms with E-state index in [-0.39, 0.29) is 5.92 Å². The monoisotopic (exact) mass is 244 g/mol. The zero-order valence-electron chi connectivity index (χ0n) is 8.65. The van der Waals surface area contributed by atoms with Gasteiger partial charge in [0, 0.05) is 11.5 Å². The Morgan fingerprint density at radius 2 is 1.67 bits per heavy atom. The van der Waals surface area contributed by atoms with Crippen LogP contribution in [0.1, 0.15) is 25.7 Å². The van der Waals surface area contributed by atoms with E-state index in [1.54, 1.807) is 0 Å². The highest BCUT2D eigenvalue weighted by Crippen LogP contribution is 2.65. The molecule has 2 nitrogen and oxygen atoms in total. The SMILES string of the molecule is O=C(O)C1C[C@H]2CC[C@@H](C1)C21SCCS1. The highest BCUT2D eigenvalue weighted by Gasteiger charge is 2.57. The van der Waals surface area contributed by atoms with E-state index < -0.39 is 5.97 Å². The van der Waals surface area contributed by atoms with Crippen molar-refractivity contribution in [1.29, 1.82) is 0 Å². The molecule has 0 aromatic carbocycles. The molecular weight excluding hydrogens is 228 g/mol. The van der Waals surface area contributed by atoms with E-state index in [4.69, 9.17) is 5.11 Å². The van der Waals surface area contributed by atoms with Gasteiger partial charge in [-0.3, -0.25) is 4.79 Å².